The fraction of sp³-hybridized carbons (Fsp3) is 1.00. The highest BCUT2D eigenvalue weighted by atomic mass is 32.2. The Labute approximate surface area is 106 Å². The molecule has 1 unspecified atom stereocenters. The monoisotopic (exact) mass is 262 g/mol. The van der Waals surface area contributed by atoms with Crippen molar-refractivity contribution in [1.29, 1.82) is 0 Å². The summed E-state index contributed by atoms with van der Waals surface area (Å²) < 4.78 is 22.7. The Kier molecular flexibility index (Phi) is 4.98. The molecule has 4 nitrogen and oxygen atoms in total. The van der Waals surface area contributed by atoms with Crippen LogP contribution in [0.3, 0.4) is 0 Å². The highest BCUT2D eigenvalue weighted by Gasteiger charge is 2.30. The molecule has 5 heteroatoms. The van der Waals surface area contributed by atoms with E-state index in [0.29, 0.717) is 30.6 Å². The van der Waals surface area contributed by atoms with Crippen molar-refractivity contribution in [3.8, 4) is 0 Å². The van der Waals surface area contributed by atoms with Crippen LogP contribution in [-0.4, -0.2) is 57.0 Å². The predicted molar refractivity (Wildman–Crippen MR) is 72.0 cm³/mol. The second kappa shape index (κ2) is 5.67. The molecule has 1 heterocycles. The lowest BCUT2D eigenvalue weighted by atomic mass is 9.84. The molecule has 0 saturated carbocycles. The summed E-state index contributed by atoms with van der Waals surface area (Å²) in [5.74, 6) is 0.636. The van der Waals surface area contributed by atoms with E-state index in [9.17, 15) is 8.42 Å². The van der Waals surface area contributed by atoms with E-state index in [2.05, 4.69) is 37.9 Å². The van der Waals surface area contributed by atoms with Crippen LogP contribution in [0.5, 0.6) is 0 Å². The standard InChI is InChI=1S/C12H26N2O2S/c1-5-13-11(2)12(3,4)10-14-6-8-17(15,16)9-7-14/h11,13H,5-10H2,1-4H3. The molecule has 0 aliphatic carbocycles. The van der Waals surface area contributed by atoms with Gasteiger partial charge in [-0.25, -0.2) is 8.42 Å². The third-order valence-electron chi connectivity index (χ3n) is 3.75. The lowest BCUT2D eigenvalue weighted by Crippen LogP contribution is -2.50. The lowest BCUT2D eigenvalue weighted by Gasteiger charge is -2.38. The van der Waals surface area contributed by atoms with Crippen LogP contribution in [-0.2, 0) is 9.84 Å². The Bertz CT molecular complexity index is 324. The molecule has 1 aliphatic rings. The minimum Gasteiger partial charge on any atom is -0.314 e. The number of hydrogen-bond acceptors (Lipinski definition) is 4. The molecule has 0 aromatic carbocycles. The van der Waals surface area contributed by atoms with Gasteiger partial charge in [0.05, 0.1) is 11.5 Å². The van der Waals surface area contributed by atoms with Crippen LogP contribution in [0.1, 0.15) is 27.7 Å². The van der Waals surface area contributed by atoms with Crippen LogP contribution >= 0.6 is 0 Å². The zero-order chi connectivity index (χ0) is 13.1. The summed E-state index contributed by atoms with van der Waals surface area (Å²) in [7, 11) is -2.76. The second-order valence-electron chi connectivity index (χ2n) is 5.70. The summed E-state index contributed by atoms with van der Waals surface area (Å²) in [4.78, 5) is 2.27. The van der Waals surface area contributed by atoms with Crippen LogP contribution in [0.25, 0.3) is 0 Å². The zero-order valence-electron chi connectivity index (χ0n) is 11.5. The lowest BCUT2D eigenvalue weighted by molar-refractivity contribution is 0.151. The van der Waals surface area contributed by atoms with Crippen molar-refractivity contribution >= 4 is 9.84 Å². The number of sulfone groups is 1. The Hall–Kier alpha value is -0.130. The van der Waals surface area contributed by atoms with Gasteiger partial charge in [0.15, 0.2) is 9.84 Å². The van der Waals surface area contributed by atoms with Crippen LogP contribution < -0.4 is 5.32 Å². The number of rotatable bonds is 5. The topological polar surface area (TPSA) is 49.4 Å². The second-order valence-corrected chi connectivity index (χ2v) is 8.00. The normalized spacial score (nSPS) is 23.5. The van der Waals surface area contributed by atoms with Gasteiger partial charge >= 0.3 is 0 Å². The molecule has 1 rings (SSSR count). The summed E-state index contributed by atoms with van der Waals surface area (Å²) in [6.45, 7) is 12.1. The Morgan fingerprint density at radius 3 is 2.29 bits per heavy atom. The fourth-order valence-corrected chi connectivity index (χ4v) is 3.48. The van der Waals surface area contributed by atoms with Gasteiger partial charge in [-0.1, -0.05) is 20.8 Å². The first-order chi connectivity index (χ1) is 7.77. The molecule has 1 N–H and O–H groups in total. The van der Waals surface area contributed by atoms with Gasteiger partial charge in [0.25, 0.3) is 0 Å². The van der Waals surface area contributed by atoms with Crippen molar-refractivity contribution in [3.63, 3.8) is 0 Å². The Balaban J connectivity index is 2.49. The van der Waals surface area contributed by atoms with Gasteiger partial charge in [-0.2, -0.15) is 0 Å². The molecule has 1 saturated heterocycles. The van der Waals surface area contributed by atoms with E-state index >= 15 is 0 Å². The van der Waals surface area contributed by atoms with Crippen LogP contribution in [0.4, 0.5) is 0 Å². The molecule has 17 heavy (non-hydrogen) atoms. The summed E-state index contributed by atoms with van der Waals surface area (Å²) in [5.41, 5.74) is 0.164. The molecule has 1 atom stereocenters. The van der Waals surface area contributed by atoms with E-state index < -0.39 is 9.84 Å². The van der Waals surface area contributed by atoms with Gasteiger partial charge in [-0.05, 0) is 18.9 Å². The van der Waals surface area contributed by atoms with E-state index in [1.54, 1.807) is 0 Å². The van der Waals surface area contributed by atoms with E-state index in [1.165, 1.54) is 0 Å². The molecule has 0 aromatic heterocycles. The minimum atomic E-state index is -2.76. The Morgan fingerprint density at radius 2 is 1.82 bits per heavy atom. The average molecular weight is 262 g/mol. The fourth-order valence-electron chi connectivity index (χ4n) is 2.20. The molecular formula is C12H26N2O2S. The first kappa shape index (κ1) is 14.9. The van der Waals surface area contributed by atoms with Gasteiger partial charge in [0.1, 0.15) is 0 Å². The van der Waals surface area contributed by atoms with Crippen molar-refractivity contribution in [1.82, 2.24) is 10.2 Å². The molecular weight excluding hydrogens is 236 g/mol. The van der Waals surface area contributed by atoms with Crippen LogP contribution in [0.2, 0.25) is 0 Å². The smallest absolute Gasteiger partial charge is 0.152 e. The highest BCUT2D eigenvalue weighted by molar-refractivity contribution is 7.91. The maximum Gasteiger partial charge on any atom is 0.152 e. The predicted octanol–water partition coefficient (Wildman–Crippen LogP) is 0.741. The van der Waals surface area contributed by atoms with E-state index in [1.807, 2.05) is 0 Å². The van der Waals surface area contributed by atoms with Gasteiger partial charge in [0, 0.05) is 25.7 Å². The molecule has 0 radical (unpaired) electrons. The first-order valence-corrected chi connectivity index (χ1v) is 8.25. The maximum atomic E-state index is 11.4. The van der Waals surface area contributed by atoms with E-state index in [4.69, 9.17) is 0 Å². The number of nitrogens with zero attached hydrogens (tertiary/aromatic N) is 1. The molecule has 0 bridgehead atoms. The SMILES string of the molecule is CCNC(C)C(C)(C)CN1CCS(=O)(=O)CC1. The van der Waals surface area contributed by atoms with Gasteiger partial charge < -0.3 is 10.2 Å². The molecule has 0 amide bonds. The van der Waals surface area contributed by atoms with Gasteiger partial charge in [0.2, 0.25) is 0 Å². The number of hydrogen-bond donors (Lipinski definition) is 1. The zero-order valence-corrected chi connectivity index (χ0v) is 12.3. The average Bonchev–Trinajstić information content (AvgIpc) is 2.21. The van der Waals surface area contributed by atoms with Crippen molar-refractivity contribution in [2.24, 2.45) is 5.41 Å². The number of nitrogens with one attached hydrogen (secondary N) is 1. The van der Waals surface area contributed by atoms with Gasteiger partial charge in [-0.3, -0.25) is 0 Å². The van der Waals surface area contributed by atoms with E-state index in [0.717, 1.165) is 13.1 Å². The summed E-state index contributed by atoms with van der Waals surface area (Å²) in [6.07, 6.45) is 0. The summed E-state index contributed by atoms with van der Waals surface area (Å²) >= 11 is 0. The highest BCUT2D eigenvalue weighted by Crippen LogP contribution is 2.23. The van der Waals surface area contributed by atoms with Crippen molar-refractivity contribution < 1.29 is 8.42 Å². The summed E-state index contributed by atoms with van der Waals surface area (Å²) in [5, 5.41) is 3.45. The first-order valence-electron chi connectivity index (χ1n) is 6.43. The molecule has 1 fully saturated rings. The van der Waals surface area contributed by atoms with Crippen molar-refractivity contribution in [3.05, 3.63) is 0 Å². The third-order valence-corrected chi connectivity index (χ3v) is 5.36. The molecule has 1 aliphatic heterocycles. The van der Waals surface area contributed by atoms with Gasteiger partial charge in [-0.15, -0.1) is 0 Å². The largest absolute Gasteiger partial charge is 0.314 e. The molecule has 102 valence electrons. The quantitative estimate of drug-likeness (QED) is 0.794. The minimum absolute atomic E-state index is 0.164. The van der Waals surface area contributed by atoms with Crippen molar-refractivity contribution in [2.75, 3.05) is 37.7 Å². The van der Waals surface area contributed by atoms with Crippen LogP contribution in [0.15, 0.2) is 0 Å². The molecule has 0 aromatic rings. The van der Waals surface area contributed by atoms with Crippen molar-refractivity contribution in [2.45, 2.75) is 33.7 Å². The third kappa shape index (κ3) is 4.56. The summed E-state index contributed by atoms with van der Waals surface area (Å²) in [6, 6.07) is 0.436. The van der Waals surface area contributed by atoms with E-state index in [-0.39, 0.29) is 5.41 Å². The maximum absolute atomic E-state index is 11.4. The molecule has 0 spiro atoms. The Morgan fingerprint density at radius 1 is 1.29 bits per heavy atom. The van der Waals surface area contributed by atoms with Crippen LogP contribution in [0, 0.1) is 5.41 Å².